The van der Waals surface area contributed by atoms with E-state index >= 15 is 0 Å². The monoisotopic (exact) mass is 949 g/mol. The molecule has 5 saturated heterocycles. The van der Waals surface area contributed by atoms with Crippen LogP contribution >= 0.6 is 0 Å². The van der Waals surface area contributed by atoms with Gasteiger partial charge in [-0.2, -0.15) is 0 Å². The van der Waals surface area contributed by atoms with Gasteiger partial charge in [-0.3, -0.25) is 14.4 Å². The van der Waals surface area contributed by atoms with Crippen LogP contribution in [0.15, 0.2) is 0 Å². The number of ether oxygens (including phenoxy) is 9. The molecule has 28 heteroatoms. The molecule has 0 bridgehead atoms. The summed E-state index contributed by atoms with van der Waals surface area (Å²) in [5.41, 5.74) is 0. The molecule has 0 saturated carbocycles. The Bertz CT molecular complexity index is 1560. The van der Waals surface area contributed by atoms with Gasteiger partial charge >= 0.3 is 0 Å². The Balaban J connectivity index is 1.40. The van der Waals surface area contributed by atoms with Gasteiger partial charge < -0.3 is 125 Å². The van der Waals surface area contributed by atoms with Crippen LogP contribution in [0.25, 0.3) is 0 Å². The lowest BCUT2D eigenvalue weighted by Gasteiger charge is -2.50. The lowest BCUT2D eigenvalue weighted by Crippen LogP contribution is -2.70. The van der Waals surface area contributed by atoms with E-state index in [1.807, 2.05) is 0 Å². The van der Waals surface area contributed by atoms with Gasteiger partial charge in [-0.1, -0.05) is 0 Å². The Labute approximate surface area is 370 Å². The second-order valence-corrected chi connectivity index (χ2v) is 16.5. The van der Waals surface area contributed by atoms with Crippen molar-refractivity contribution in [3.63, 3.8) is 0 Å². The van der Waals surface area contributed by atoms with Gasteiger partial charge in [0.2, 0.25) is 17.7 Å². The van der Waals surface area contributed by atoms with Crippen molar-refractivity contribution >= 4 is 17.7 Å². The molecule has 0 aromatic heterocycles. The van der Waals surface area contributed by atoms with E-state index in [9.17, 15) is 80.8 Å². The highest BCUT2D eigenvalue weighted by Crippen LogP contribution is 2.36. The molecule has 5 fully saturated rings. The molecule has 0 aromatic carbocycles. The maximum atomic E-state index is 12.5. The van der Waals surface area contributed by atoms with Gasteiger partial charge in [0.25, 0.3) is 0 Å². The van der Waals surface area contributed by atoms with Crippen molar-refractivity contribution < 1.29 is 123 Å². The fraction of sp³-hybridized carbons (Fsp3) is 0.919. The zero-order valence-electron chi connectivity index (χ0n) is 35.7. The van der Waals surface area contributed by atoms with Gasteiger partial charge in [0.15, 0.2) is 25.2 Å². The van der Waals surface area contributed by atoms with Crippen LogP contribution in [0.2, 0.25) is 0 Å². The van der Waals surface area contributed by atoms with Gasteiger partial charge in [0.1, 0.15) is 116 Å². The van der Waals surface area contributed by atoms with Crippen molar-refractivity contribution in [2.24, 2.45) is 0 Å². The maximum absolute atomic E-state index is 12.5. The van der Waals surface area contributed by atoms with Crippen molar-refractivity contribution in [1.82, 2.24) is 16.0 Å². The first-order chi connectivity index (χ1) is 30.7. The molecule has 10 unspecified atom stereocenters. The van der Waals surface area contributed by atoms with Crippen LogP contribution in [0.4, 0.5) is 0 Å². The first kappa shape index (κ1) is 53.5. The minimum absolute atomic E-state index is 0.530. The van der Waals surface area contributed by atoms with E-state index in [4.69, 9.17) is 42.6 Å². The quantitative estimate of drug-likeness (QED) is 0.0683. The lowest BCUT2D eigenvalue weighted by molar-refractivity contribution is -0.391. The minimum Gasteiger partial charge on any atom is -0.394 e. The molecule has 5 heterocycles. The van der Waals surface area contributed by atoms with Crippen LogP contribution in [0.1, 0.15) is 27.7 Å². The zero-order chi connectivity index (χ0) is 48.2. The number of nitrogens with one attached hydrogen (secondary N) is 3. The molecule has 3 amide bonds. The third-order valence-electron chi connectivity index (χ3n) is 11.8. The number of carbonyl (C=O) groups excluding carboxylic acids is 3. The molecule has 16 N–H and O–H groups in total. The Hall–Kier alpha value is -2.47. The summed E-state index contributed by atoms with van der Waals surface area (Å²) in [5.74, 6) is -2.02. The highest BCUT2D eigenvalue weighted by Gasteiger charge is 2.57. The Morgan fingerprint density at radius 1 is 0.385 bits per heavy atom. The van der Waals surface area contributed by atoms with E-state index < -0.39 is 204 Å². The lowest BCUT2D eigenvalue weighted by atomic mass is 9.92. The Kier molecular flexibility index (Phi) is 19.1. The fourth-order valence-electron chi connectivity index (χ4n) is 8.47. The number of amides is 3. The fourth-order valence-corrected chi connectivity index (χ4v) is 8.47. The van der Waals surface area contributed by atoms with E-state index in [0.29, 0.717) is 0 Å². The molecule has 0 aromatic rings. The zero-order valence-corrected chi connectivity index (χ0v) is 35.7. The second-order valence-electron chi connectivity index (χ2n) is 16.5. The average molecular weight is 950 g/mol. The molecule has 0 spiro atoms. The van der Waals surface area contributed by atoms with Crippen molar-refractivity contribution in [3.05, 3.63) is 0 Å². The number of aliphatic hydroxyl groups is 13. The predicted molar refractivity (Wildman–Crippen MR) is 205 cm³/mol. The molecule has 5 rings (SSSR count). The van der Waals surface area contributed by atoms with Crippen molar-refractivity contribution in [1.29, 1.82) is 0 Å². The Morgan fingerprint density at radius 3 is 1.25 bits per heavy atom. The van der Waals surface area contributed by atoms with E-state index in [0.717, 1.165) is 13.8 Å². The third kappa shape index (κ3) is 11.9. The number of aliphatic hydroxyl groups excluding tert-OH is 13. The summed E-state index contributed by atoms with van der Waals surface area (Å²) in [6.45, 7) is 0.416. The standard InChI is InChI=1S/C37H63N3O25/c1-10-19(38-11(2)46)26(53)30(17(8-44)57-10)62-35-21(40-13(4)48)27(54)31(18(9-45)61-35)63-36-29(56)32(24(51)16(7-43)59-36)64-37-33(28(55)23(50)15(6-42)60-37)65-34-20(39-12(3)47)25(52)22(49)14(5-41)58-34/h10,14-37,41-45,49-56H,5-9H2,1-4H3,(H,38,46)(H,39,47)(H,40,48)/t10-,14?,15+,16?,17?,18?,19?,20-,21?,22+,23+,24+,25?,26+,27+,28?,29+,30+,31+,32?,33?,34-,35-,36-,37+/m0/s1. The molecule has 25 atom stereocenters. The van der Waals surface area contributed by atoms with Crippen molar-refractivity contribution in [2.45, 2.75) is 181 Å². The second kappa shape index (κ2) is 23.2. The van der Waals surface area contributed by atoms with Crippen molar-refractivity contribution in [2.75, 3.05) is 33.0 Å². The Morgan fingerprint density at radius 2 is 0.738 bits per heavy atom. The molecule has 0 aliphatic carbocycles. The molecule has 376 valence electrons. The number of rotatable bonds is 16. The number of hydrogen-bond acceptors (Lipinski definition) is 25. The SMILES string of the molecule is CC(=O)NC1[C@H](O[C@@H]2C(CO)O[C@@H](C)C(NC(C)=O)[C@H]2O)OC(CO)[C@@H](O[C@@H]2OC(CO)[C@@H](O)C(O[C@H]3O[C@H](CO)[C@@H](O)C(O)C3O[C@@H]3OC(CO)[C@@H](O)C(O)[C@@H]3NC(C)=O)[C@H]2O)[C@@H]1O. The molecular weight excluding hydrogens is 886 g/mol. The predicted octanol–water partition coefficient (Wildman–Crippen LogP) is -10.4. The first-order valence-electron chi connectivity index (χ1n) is 20.9. The van der Waals surface area contributed by atoms with Crippen LogP contribution in [-0.4, -0.2) is 270 Å². The van der Waals surface area contributed by atoms with E-state index in [-0.39, 0.29) is 0 Å². The topological polar surface area (TPSA) is 433 Å². The summed E-state index contributed by atoms with van der Waals surface area (Å²) in [4.78, 5) is 36.4. The normalized spacial score (nSPS) is 47.1. The number of carbonyl (C=O) groups is 3. The average Bonchev–Trinajstić information content (AvgIpc) is 3.26. The molecular formula is C37H63N3O25. The van der Waals surface area contributed by atoms with Crippen LogP contribution in [0.5, 0.6) is 0 Å². The first-order valence-corrected chi connectivity index (χ1v) is 20.9. The van der Waals surface area contributed by atoms with E-state index in [2.05, 4.69) is 16.0 Å². The van der Waals surface area contributed by atoms with Crippen molar-refractivity contribution in [3.8, 4) is 0 Å². The highest BCUT2D eigenvalue weighted by molar-refractivity contribution is 5.74. The smallest absolute Gasteiger partial charge is 0.217 e. The summed E-state index contributed by atoms with van der Waals surface area (Å²) >= 11 is 0. The summed E-state index contributed by atoms with van der Waals surface area (Å²) < 4.78 is 52.4. The summed E-state index contributed by atoms with van der Waals surface area (Å²) in [6.07, 6.45) is -38.5. The summed E-state index contributed by atoms with van der Waals surface area (Å²) in [6, 6.07) is -4.25. The van der Waals surface area contributed by atoms with Crippen LogP contribution in [0, 0.1) is 0 Å². The minimum atomic E-state index is -2.17. The van der Waals surface area contributed by atoms with E-state index in [1.54, 1.807) is 0 Å². The van der Waals surface area contributed by atoms with Gasteiger partial charge in [-0.15, -0.1) is 0 Å². The van der Waals surface area contributed by atoms with Gasteiger partial charge in [-0.25, -0.2) is 0 Å². The molecule has 0 radical (unpaired) electrons. The van der Waals surface area contributed by atoms with Crippen LogP contribution in [-0.2, 0) is 57.0 Å². The summed E-state index contributed by atoms with van der Waals surface area (Å²) in [7, 11) is 0. The van der Waals surface area contributed by atoms with Gasteiger partial charge in [0, 0.05) is 20.8 Å². The van der Waals surface area contributed by atoms with Gasteiger partial charge in [0.05, 0.1) is 45.2 Å². The largest absolute Gasteiger partial charge is 0.394 e. The molecule has 28 nitrogen and oxygen atoms in total. The number of hydrogen-bond donors (Lipinski definition) is 16. The van der Waals surface area contributed by atoms with Crippen LogP contribution in [0.3, 0.4) is 0 Å². The molecule has 5 aliphatic rings. The summed E-state index contributed by atoms with van der Waals surface area (Å²) in [5, 5.41) is 147. The highest BCUT2D eigenvalue weighted by atomic mass is 16.8. The van der Waals surface area contributed by atoms with E-state index in [1.165, 1.54) is 13.8 Å². The van der Waals surface area contributed by atoms with Gasteiger partial charge in [-0.05, 0) is 6.92 Å². The third-order valence-corrected chi connectivity index (χ3v) is 11.8. The molecule has 5 aliphatic heterocycles. The van der Waals surface area contributed by atoms with Crippen LogP contribution < -0.4 is 16.0 Å². The maximum Gasteiger partial charge on any atom is 0.217 e. The molecule has 65 heavy (non-hydrogen) atoms.